The molecule has 1 aromatic carbocycles. The average Bonchev–Trinajstić information content (AvgIpc) is 2.35. The molecule has 0 saturated heterocycles. The van der Waals surface area contributed by atoms with Crippen LogP contribution in [0.15, 0.2) is 36.4 Å². The summed E-state index contributed by atoms with van der Waals surface area (Å²) in [5.74, 6) is -0.692. The number of carboxylic acid groups (broad SMARTS) is 1. The number of amides is 1. The number of nitrogens with one attached hydrogen (secondary N) is 1. The molecule has 1 atom stereocenters. The van der Waals surface area contributed by atoms with Gasteiger partial charge in [-0.3, -0.25) is 9.59 Å². The van der Waals surface area contributed by atoms with E-state index in [0.29, 0.717) is 17.9 Å². The largest absolute Gasteiger partial charge is 0.489 e. The van der Waals surface area contributed by atoms with Gasteiger partial charge in [-0.2, -0.15) is 0 Å². The summed E-state index contributed by atoms with van der Waals surface area (Å²) in [5, 5.41) is 11.3. The Kier molecular flexibility index (Phi) is 5.77. The third-order valence-corrected chi connectivity index (χ3v) is 2.44. The molecule has 1 rings (SSSR count). The molecule has 0 unspecified atom stereocenters. The van der Waals surface area contributed by atoms with Gasteiger partial charge in [0.15, 0.2) is 0 Å². The molecule has 5 heteroatoms. The second-order valence-electron chi connectivity index (χ2n) is 4.75. The fourth-order valence-electron chi connectivity index (χ4n) is 1.55. The maximum absolute atomic E-state index is 11.9. The van der Waals surface area contributed by atoms with E-state index in [1.165, 1.54) is 0 Å². The number of hydrogen-bond donors (Lipinski definition) is 2. The lowest BCUT2D eigenvalue weighted by Gasteiger charge is -2.12. The van der Waals surface area contributed by atoms with Crippen molar-refractivity contribution in [1.82, 2.24) is 5.32 Å². The predicted molar refractivity (Wildman–Crippen MR) is 75.9 cm³/mol. The van der Waals surface area contributed by atoms with Gasteiger partial charge in [-0.05, 0) is 37.6 Å². The van der Waals surface area contributed by atoms with Crippen LogP contribution in [0.4, 0.5) is 0 Å². The minimum atomic E-state index is -0.948. The van der Waals surface area contributed by atoms with E-state index in [1.54, 1.807) is 31.2 Å². The number of hydrogen-bond acceptors (Lipinski definition) is 3. The zero-order chi connectivity index (χ0) is 15.1. The van der Waals surface area contributed by atoms with E-state index in [2.05, 4.69) is 11.9 Å². The van der Waals surface area contributed by atoms with E-state index in [4.69, 9.17) is 9.84 Å². The van der Waals surface area contributed by atoms with Crippen LogP contribution in [0.3, 0.4) is 0 Å². The van der Waals surface area contributed by atoms with Crippen molar-refractivity contribution in [3.05, 3.63) is 42.0 Å². The Balaban J connectivity index is 2.66. The molecule has 2 N–H and O–H groups in total. The van der Waals surface area contributed by atoms with Gasteiger partial charge in [-0.25, -0.2) is 0 Å². The standard InChI is InChI=1S/C15H19NO4/c1-10(2)9-20-13-6-4-5-12(8-13)15(19)16-11(3)7-14(17)18/h4-6,8,11H,1,7,9H2,2-3H3,(H,16,19)(H,17,18)/t11-/m1/s1. The second-order valence-corrected chi connectivity index (χ2v) is 4.75. The average molecular weight is 277 g/mol. The van der Waals surface area contributed by atoms with Crippen molar-refractivity contribution in [3.63, 3.8) is 0 Å². The number of benzene rings is 1. The number of rotatable bonds is 7. The van der Waals surface area contributed by atoms with Crippen LogP contribution in [0.5, 0.6) is 5.75 Å². The second kappa shape index (κ2) is 7.33. The lowest BCUT2D eigenvalue weighted by molar-refractivity contribution is -0.137. The molecule has 0 aliphatic heterocycles. The number of ether oxygens (including phenoxy) is 1. The minimum absolute atomic E-state index is 0.114. The fraction of sp³-hybridized carbons (Fsp3) is 0.333. The molecule has 0 spiro atoms. The smallest absolute Gasteiger partial charge is 0.305 e. The Hall–Kier alpha value is -2.30. The van der Waals surface area contributed by atoms with Crippen molar-refractivity contribution in [2.75, 3.05) is 6.61 Å². The zero-order valence-electron chi connectivity index (χ0n) is 11.7. The fourth-order valence-corrected chi connectivity index (χ4v) is 1.55. The Bertz CT molecular complexity index is 510. The lowest BCUT2D eigenvalue weighted by Crippen LogP contribution is -2.34. The van der Waals surface area contributed by atoms with Crippen LogP contribution < -0.4 is 10.1 Å². The van der Waals surface area contributed by atoms with Gasteiger partial charge in [-0.1, -0.05) is 12.6 Å². The van der Waals surface area contributed by atoms with Crippen LogP contribution in [0.1, 0.15) is 30.6 Å². The molecule has 1 amide bonds. The van der Waals surface area contributed by atoms with Gasteiger partial charge in [0.2, 0.25) is 0 Å². The highest BCUT2D eigenvalue weighted by atomic mass is 16.5. The molecule has 0 heterocycles. The summed E-state index contributed by atoms with van der Waals surface area (Å²) in [4.78, 5) is 22.5. The Labute approximate surface area is 118 Å². The molecule has 0 radical (unpaired) electrons. The number of carbonyl (C=O) groups is 2. The Morgan fingerprint density at radius 2 is 2.15 bits per heavy atom. The summed E-state index contributed by atoms with van der Waals surface area (Å²) >= 11 is 0. The topological polar surface area (TPSA) is 75.6 Å². The molecule has 0 aliphatic carbocycles. The van der Waals surface area contributed by atoms with Crippen LogP contribution in [0, 0.1) is 0 Å². The van der Waals surface area contributed by atoms with Crippen molar-refractivity contribution in [2.24, 2.45) is 0 Å². The molecule has 0 bridgehead atoms. The first-order valence-corrected chi connectivity index (χ1v) is 6.28. The summed E-state index contributed by atoms with van der Waals surface area (Å²) in [5.41, 5.74) is 1.32. The molecule has 20 heavy (non-hydrogen) atoms. The zero-order valence-corrected chi connectivity index (χ0v) is 11.7. The maximum Gasteiger partial charge on any atom is 0.305 e. The summed E-state index contributed by atoms with van der Waals surface area (Å²) in [6, 6.07) is 6.30. The van der Waals surface area contributed by atoms with E-state index in [9.17, 15) is 9.59 Å². The summed E-state index contributed by atoms with van der Waals surface area (Å²) in [6.07, 6.45) is -0.114. The third kappa shape index (κ3) is 5.56. The summed E-state index contributed by atoms with van der Waals surface area (Å²) in [7, 11) is 0. The number of carbonyl (C=O) groups excluding carboxylic acids is 1. The first kappa shape index (κ1) is 15.8. The van der Waals surface area contributed by atoms with Crippen LogP contribution >= 0.6 is 0 Å². The van der Waals surface area contributed by atoms with Crippen LogP contribution in [0.25, 0.3) is 0 Å². The summed E-state index contributed by atoms with van der Waals surface area (Å²) < 4.78 is 5.45. The molecule has 0 saturated carbocycles. The van der Waals surface area contributed by atoms with E-state index in [1.807, 2.05) is 6.92 Å². The maximum atomic E-state index is 11.9. The van der Waals surface area contributed by atoms with Gasteiger partial charge in [0, 0.05) is 11.6 Å². The predicted octanol–water partition coefficient (Wildman–Crippen LogP) is 2.23. The Morgan fingerprint density at radius 1 is 1.45 bits per heavy atom. The van der Waals surface area contributed by atoms with Crippen molar-refractivity contribution in [2.45, 2.75) is 26.3 Å². The van der Waals surface area contributed by atoms with E-state index in [-0.39, 0.29) is 12.3 Å². The van der Waals surface area contributed by atoms with E-state index < -0.39 is 12.0 Å². The minimum Gasteiger partial charge on any atom is -0.489 e. The molecule has 0 fully saturated rings. The van der Waals surface area contributed by atoms with Gasteiger partial charge in [0.1, 0.15) is 12.4 Å². The number of carboxylic acids is 1. The van der Waals surface area contributed by atoms with Crippen LogP contribution in [0.2, 0.25) is 0 Å². The molecular weight excluding hydrogens is 258 g/mol. The van der Waals surface area contributed by atoms with Crippen LogP contribution in [-0.2, 0) is 4.79 Å². The highest BCUT2D eigenvalue weighted by molar-refractivity contribution is 5.94. The van der Waals surface area contributed by atoms with Crippen molar-refractivity contribution in [1.29, 1.82) is 0 Å². The van der Waals surface area contributed by atoms with Gasteiger partial charge in [-0.15, -0.1) is 0 Å². The number of aliphatic carboxylic acids is 1. The van der Waals surface area contributed by atoms with Gasteiger partial charge in [0.05, 0.1) is 6.42 Å². The highest BCUT2D eigenvalue weighted by Crippen LogP contribution is 2.14. The molecule has 1 aromatic rings. The molecule has 108 valence electrons. The quantitative estimate of drug-likeness (QED) is 0.749. The van der Waals surface area contributed by atoms with Gasteiger partial charge >= 0.3 is 5.97 Å². The molecule has 0 aromatic heterocycles. The first-order valence-electron chi connectivity index (χ1n) is 6.28. The normalized spacial score (nSPS) is 11.5. The Morgan fingerprint density at radius 3 is 2.75 bits per heavy atom. The molecule has 0 aliphatic rings. The van der Waals surface area contributed by atoms with Gasteiger partial charge < -0.3 is 15.2 Å². The highest BCUT2D eigenvalue weighted by Gasteiger charge is 2.13. The van der Waals surface area contributed by atoms with Crippen molar-refractivity contribution in [3.8, 4) is 5.75 Å². The van der Waals surface area contributed by atoms with Crippen molar-refractivity contribution >= 4 is 11.9 Å². The third-order valence-electron chi connectivity index (χ3n) is 2.44. The molecule has 5 nitrogen and oxygen atoms in total. The molecular formula is C15H19NO4. The van der Waals surface area contributed by atoms with Gasteiger partial charge in [0.25, 0.3) is 5.91 Å². The SMILES string of the molecule is C=C(C)COc1cccc(C(=O)N[C@H](C)CC(=O)O)c1. The van der Waals surface area contributed by atoms with Crippen molar-refractivity contribution < 1.29 is 19.4 Å². The van der Waals surface area contributed by atoms with E-state index >= 15 is 0 Å². The monoisotopic (exact) mass is 277 g/mol. The first-order chi connectivity index (χ1) is 9.38. The van der Waals surface area contributed by atoms with Crippen LogP contribution in [-0.4, -0.2) is 29.6 Å². The summed E-state index contributed by atoms with van der Waals surface area (Å²) in [6.45, 7) is 7.62. The van der Waals surface area contributed by atoms with E-state index in [0.717, 1.165) is 5.57 Å². The lowest BCUT2D eigenvalue weighted by atomic mass is 10.1.